The van der Waals surface area contributed by atoms with Crippen molar-refractivity contribution in [2.75, 3.05) is 32.9 Å². The molecule has 0 aromatic heterocycles. The van der Waals surface area contributed by atoms with E-state index in [-0.39, 0.29) is 24.0 Å². The lowest BCUT2D eigenvalue weighted by Gasteiger charge is -2.24. The van der Waals surface area contributed by atoms with Crippen molar-refractivity contribution in [1.29, 1.82) is 0 Å². The van der Waals surface area contributed by atoms with Crippen LogP contribution in [0.4, 0.5) is 0 Å². The van der Waals surface area contributed by atoms with Crippen molar-refractivity contribution < 1.29 is 9.47 Å². The maximum absolute atomic E-state index is 5.67. The Balaban J connectivity index is 0.00000264. The lowest BCUT2D eigenvalue weighted by molar-refractivity contribution is 0.0171. The summed E-state index contributed by atoms with van der Waals surface area (Å²) >= 11 is 0. The summed E-state index contributed by atoms with van der Waals surface area (Å²) < 4.78 is 11.2. The molecule has 1 aliphatic carbocycles. The molecule has 2 fully saturated rings. The molecule has 0 bridgehead atoms. The van der Waals surface area contributed by atoms with Gasteiger partial charge in [0.15, 0.2) is 5.96 Å². The zero-order valence-electron chi connectivity index (χ0n) is 14.5. The fourth-order valence-corrected chi connectivity index (χ4v) is 3.11. The minimum absolute atomic E-state index is 0. The van der Waals surface area contributed by atoms with E-state index in [0.717, 1.165) is 51.7 Å². The van der Waals surface area contributed by atoms with Gasteiger partial charge in [0.25, 0.3) is 0 Å². The van der Waals surface area contributed by atoms with Crippen molar-refractivity contribution in [2.24, 2.45) is 4.99 Å². The van der Waals surface area contributed by atoms with Crippen LogP contribution in [-0.2, 0) is 9.47 Å². The van der Waals surface area contributed by atoms with Crippen molar-refractivity contribution in [3.05, 3.63) is 0 Å². The molecule has 6 heteroatoms. The van der Waals surface area contributed by atoms with Gasteiger partial charge in [0.05, 0.1) is 12.7 Å². The van der Waals surface area contributed by atoms with Crippen LogP contribution in [0.2, 0.25) is 0 Å². The smallest absolute Gasteiger partial charge is 0.191 e. The molecule has 5 nitrogen and oxygen atoms in total. The van der Waals surface area contributed by atoms with Crippen LogP contribution < -0.4 is 10.6 Å². The van der Waals surface area contributed by atoms with E-state index < -0.39 is 0 Å². The number of guanidine groups is 1. The van der Waals surface area contributed by atoms with Gasteiger partial charge >= 0.3 is 0 Å². The highest BCUT2D eigenvalue weighted by Gasteiger charge is 2.15. The monoisotopic (exact) mass is 439 g/mol. The number of nitrogens with one attached hydrogen (secondary N) is 2. The summed E-state index contributed by atoms with van der Waals surface area (Å²) in [4.78, 5) is 4.66. The third-order valence-electron chi connectivity index (χ3n) is 4.33. The van der Waals surface area contributed by atoms with Gasteiger partial charge in [0, 0.05) is 32.3 Å². The lowest BCUT2D eigenvalue weighted by Crippen LogP contribution is -2.44. The normalized spacial score (nSPS) is 22.7. The van der Waals surface area contributed by atoms with Gasteiger partial charge in [-0.1, -0.05) is 19.3 Å². The summed E-state index contributed by atoms with van der Waals surface area (Å²) in [5.74, 6) is 0.966. The Kier molecular flexibility index (Phi) is 12.1. The highest BCUT2D eigenvalue weighted by atomic mass is 127. The van der Waals surface area contributed by atoms with Crippen LogP contribution in [0.3, 0.4) is 0 Å². The van der Waals surface area contributed by atoms with Crippen molar-refractivity contribution in [3.63, 3.8) is 0 Å². The Morgan fingerprint density at radius 2 is 2.00 bits per heavy atom. The number of ether oxygens (including phenoxy) is 2. The van der Waals surface area contributed by atoms with Crippen LogP contribution in [0.15, 0.2) is 4.99 Å². The van der Waals surface area contributed by atoms with E-state index in [1.54, 1.807) is 0 Å². The molecule has 1 saturated heterocycles. The first-order chi connectivity index (χ1) is 10.9. The first-order valence-corrected chi connectivity index (χ1v) is 9.12. The predicted octanol–water partition coefficient (Wildman–Crippen LogP) is 3.08. The molecule has 1 aliphatic heterocycles. The largest absolute Gasteiger partial charge is 0.379 e. The van der Waals surface area contributed by atoms with Crippen LogP contribution >= 0.6 is 24.0 Å². The molecule has 1 heterocycles. The number of hydrogen-bond acceptors (Lipinski definition) is 3. The molecule has 0 amide bonds. The molecule has 23 heavy (non-hydrogen) atoms. The molecule has 0 aromatic carbocycles. The van der Waals surface area contributed by atoms with E-state index in [1.807, 2.05) is 0 Å². The number of hydrogen-bond donors (Lipinski definition) is 2. The minimum atomic E-state index is 0. The van der Waals surface area contributed by atoms with Crippen LogP contribution in [0.1, 0.15) is 58.3 Å². The Morgan fingerprint density at radius 3 is 2.70 bits per heavy atom. The average molecular weight is 439 g/mol. The number of rotatable bonds is 8. The van der Waals surface area contributed by atoms with Gasteiger partial charge in [0.1, 0.15) is 0 Å². The topological polar surface area (TPSA) is 54.9 Å². The fourth-order valence-electron chi connectivity index (χ4n) is 3.11. The number of aliphatic imine (C=N–C) groups is 1. The molecule has 0 spiro atoms. The summed E-state index contributed by atoms with van der Waals surface area (Å²) in [7, 11) is 0. The molecule has 1 unspecified atom stereocenters. The van der Waals surface area contributed by atoms with Crippen molar-refractivity contribution in [1.82, 2.24) is 10.6 Å². The zero-order chi connectivity index (χ0) is 15.5. The number of halogens is 1. The van der Waals surface area contributed by atoms with Crippen molar-refractivity contribution in [2.45, 2.75) is 70.4 Å². The van der Waals surface area contributed by atoms with Crippen LogP contribution in [-0.4, -0.2) is 51.0 Å². The third-order valence-corrected chi connectivity index (χ3v) is 4.33. The van der Waals surface area contributed by atoms with E-state index in [1.165, 1.54) is 38.5 Å². The zero-order valence-corrected chi connectivity index (χ0v) is 16.8. The van der Waals surface area contributed by atoms with Gasteiger partial charge in [-0.15, -0.1) is 24.0 Å². The van der Waals surface area contributed by atoms with Gasteiger partial charge in [-0.25, -0.2) is 0 Å². The second-order valence-corrected chi connectivity index (χ2v) is 6.30. The van der Waals surface area contributed by atoms with Crippen LogP contribution in [0.25, 0.3) is 0 Å². The van der Waals surface area contributed by atoms with Crippen LogP contribution in [0, 0.1) is 0 Å². The molecule has 2 N–H and O–H groups in total. The molecular formula is C17H34IN3O2. The summed E-state index contributed by atoms with van der Waals surface area (Å²) in [6.07, 6.45) is 10.2. The van der Waals surface area contributed by atoms with E-state index >= 15 is 0 Å². The maximum Gasteiger partial charge on any atom is 0.191 e. The molecule has 1 atom stereocenters. The first kappa shape index (κ1) is 21.0. The minimum Gasteiger partial charge on any atom is -0.379 e. The fraction of sp³-hybridized carbons (Fsp3) is 0.941. The second-order valence-electron chi connectivity index (χ2n) is 6.30. The van der Waals surface area contributed by atoms with Gasteiger partial charge in [-0.2, -0.15) is 0 Å². The summed E-state index contributed by atoms with van der Waals surface area (Å²) in [5, 5.41) is 6.91. The number of nitrogens with zero attached hydrogens (tertiary/aromatic N) is 1. The predicted molar refractivity (Wildman–Crippen MR) is 106 cm³/mol. The standard InChI is InChI=1S/C17H33N3O2.HI/c1-2-18-17(20-15-8-4-3-5-9-15)19-11-7-12-21-14-16-10-6-13-22-16;/h15-16H,2-14H2,1H3,(H2,18,19,20);1H. The highest BCUT2D eigenvalue weighted by Crippen LogP contribution is 2.17. The average Bonchev–Trinajstić information content (AvgIpc) is 3.05. The molecule has 1 saturated carbocycles. The van der Waals surface area contributed by atoms with E-state index in [2.05, 4.69) is 22.5 Å². The third kappa shape index (κ3) is 9.10. The Bertz CT molecular complexity index is 317. The molecule has 2 aliphatic rings. The van der Waals surface area contributed by atoms with E-state index in [9.17, 15) is 0 Å². The molecule has 0 radical (unpaired) electrons. The molecule has 2 rings (SSSR count). The lowest BCUT2D eigenvalue weighted by atomic mass is 9.96. The van der Waals surface area contributed by atoms with Gasteiger partial charge < -0.3 is 20.1 Å². The second kappa shape index (κ2) is 13.2. The summed E-state index contributed by atoms with van der Waals surface area (Å²) in [6, 6.07) is 0.599. The highest BCUT2D eigenvalue weighted by molar-refractivity contribution is 14.0. The van der Waals surface area contributed by atoms with E-state index in [0.29, 0.717) is 12.1 Å². The van der Waals surface area contributed by atoms with Crippen molar-refractivity contribution >= 4 is 29.9 Å². The van der Waals surface area contributed by atoms with Crippen molar-refractivity contribution in [3.8, 4) is 0 Å². The molecule has 136 valence electrons. The van der Waals surface area contributed by atoms with Gasteiger partial charge in [0.2, 0.25) is 0 Å². The Labute approximate surface area is 158 Å². The quantitative estimate of drug-likeness (QED) is 0.264. The summed E-state index contributed by atoms with van der Waals surface area (Å²) in [5.41, 5.74) is 0. The Morgan fingerprint density at radius 1 is 1.17 bits per heavy atom. The first-order valence-electron chi connectivity index (χ1n) is 9.12. The maximum atomic E-state index is 5.67. The summed E-state index contributed by atoms with van der Waals surface area (Å²) in [6.45, 7) is 6.25. The van der Waals surface area contributed by atoms with Gasteiger partial charge in [-0.05, 0) is 39.0 Å². The Hall–Kier alpha value is -0.0800. The molecular weight excluding hydrogens is 405 g/mol. The molecule has 0 aromatic rings. The SMILES string of the molecule is CCNC(=NCCCOCC1CCCO1)NC1CCCCC1.I. The van der Waals surface area contributed by atoms with Gasteiger partial charge in [-0.3, -0.25) is 4.99 Å². The van der Waals surface area contributed by atoms with E-state index in [4.69, 9.17) is 9.47 Å². The van der Waals surface area contributed by atoms with Crippen LogP contribution in [0.5, 0.6) is 0 Å².